The third-order valence-electron chi connectivity index (χ3n) is 2.66. The number of aromatic nitrogens is 1. The van der Waals surface area contributed by atoms with Gasteiger partial charge in [-0.25, -0.2) is 0 Å². The second-order valence-corrected chi connectivity index (χ2v) is 6.06. The van der Waals surface area contributed by atoms with E-state index >= 15 is 0 Å². The lowest BCUT2D eigenvalue weighted by atomic mass is 10.2. The van der Waals surface area contributed by atoms with E-state index in [1.54, 1.807) is 0 Å². The zero-order chi connectivity index (χ0) is 14.5. The van der Waals surface area contributed by atoms with Crippen LogP contribution in [0.15, 0.2) is 31.7 Å². The molecule has 0 amide bonds. The molecule has 0 saturated heterocycles. The molecular formula is C14H16Br2N2O2. The fraction of sp³-hybridized carbons (Fsp3) is 0.357. The predicted octanol–water partition coefficient (Wildman–Crippen LogP) is 4.20. The van der Waals surface area contributed by atoms with Crippen molar-refractivity contribution in [3.8, 4) is 5.75 Å². The zero-order valence-electron chi connectivity index (χ0n) is 11.4. The Balaban J connectivity index is 1.96. The van der Waals surface area contributed by atoms with Crippen LogP contribution in [0.25, 0.3) is 0 Å². The number of nitrogens with one attached hydrogen (secondary N) is 1. The van der Waals surface area contributed by atoms with E-state index in [1.807, 2.05) is 19.9 Å². The second kappa shape index (κ2) is 7.24. The molecule has 0 atom stereocenters. The van der Waals surface area contributed by atoms with E-state index in [4.69, 9.17) is 9.26 Å². The van der Waals surface area contributed by atoms with E-state index in [9.17, 15) is 0 Å². The minimum absolute atomic E-state index is 0.639. The fourth-order valence-electron chi connectivity index (χ4n) is 1.83. The molecule has 6 heteroatoms. The molecule has 2 aromatic rings. The monoisotopic (exact) mass is 402 g/mol. The Hall–Kier alpha value is -0.850. The van der Waals surface area contributed by atoms with Gasteiger partial charge in [-0.15, -0.1) is 0 Å². The van der Waals surface area contributed by atoms with E-state index in [-0.39, 0.29) is 0 Å². The molecule has 2 rings (SSSR count). The molecule has 0 radical (unpaired) electrons. The number of aryl methyl sites for hydroxylation is 1. The van der Waals surface area contributed by atoms with Crippen molar-refractivity contribution in [1.82, 2.24) is 10.5 Å². The summed E-state index contributed by atoms with van der Waals surface area (Å²) in [6, 6.07) is 6.03. The third-order valence-corrected chi connectivity index (χ3v) is 3.84. The van der Waals surface area contributed by atoms with Crippen LogP contribution in [-0.2, 0) is 13.1 Å². The maximum atomic E-state index is 5.56. The molecule has 0 aliphatic heterocycles. The first-order chi connectivity index (χ1) is 9.60. The highest BCUT2D eigenvalue weighted by atomic mass is 79.9. The molecule has 20 heavy (non-hydrogen) atoms. The highest BCUT2D eigenvalue weighted by Crippen LogP contribution is 2.34. The van der Waals surface area contributed by atoms with Crippen molar-refractivity contribution < 1.29 is 9.26 Å². The van der Waals surface area contributed by atoms with Gasteiger partial charge in [-0.2, -0.15) is 0 Å². The lowest BCUT2D eigenvalue weighted by Crippen LogP contribution is -2.13. The Morgan fingerprint density at radius 3 is 2.45 bits per heavy atom. The van der Waals surface area contributed by atoms with Gasteiger partial charge in [0.1, 0.15) is 11.5 Å². The predicted molar refractivity (Wildman–Crippen MR) is 84.8 cm³/mol. The molecular weight excluding hydrogens is 388 g/mol. The van der Waals surface area contributed by atoms with E-state index < -0.39 is 0 Å². The molecule has 108 valence electrons. The Morgan fingerprint density at radius 1 is 1.20 bits per heavy atom. The molecule has 0 spiro atoms. The van der Waals surface area contributed by atoms with Crippen LogP contribution in [0.1, 0.15) is 23.9 Å². The summed E-state index contributed by atoms with van der Waals surface area (Å²) in [4.78, 5) is 0. The number of hydrogen-bond acceptors (Lipinski definition) is 4. The van der Waals surface area contributed by atoms with Gasteiger partial charge in [0.15, 0.2) is 0 Å². The molecule has 1 aromatic carbocycles. The van der Waals surface area contributed by atoms with Gasteiger partial charge in [0.25, 0.3) is 0 Å². The smallest absolute Gasteiger partial charge is 0.147 e. The number of ether oxygens (including phenoxy) is 1. The largest absolute Gasteiger partial charge is 0.492 e. The lowest BCUT2D eigenvalue weighted by Gasteiger charge is -2.11. The minimum atomic E-state index is 0.639. The summed E-state index contributed by atoms with van der Waals surface area (Å²) in [7, 11) is 0. The maximum absolute atomic E-state index is 5.56. The third kappa shape index (κ3) is 4.07. The average Bonchev–Trinajstić information content (AvgIpc) is 2.80. The second-order valence-electron chi connectivity index (χ2n) is 4.35. The average molecular weight is 404 g/mol. The Kier molecular flexibility index (Phi) is 5.63. The number of hydrogen-bond donors (Lipinski definition) is 1. The number of nitrogens with zero attached hydrogens (tertiary/aromatic N) is 1. The fourth-order valence-corrected chi connectivity index (χ4v) is 3.34. The first-order valence-electron chi connectivity index (χ1n) is 6.33. The van der Waals surface area contributed by atoms with Crippen molar-refractivity contribution in [3.05, 3.63) is 44.2 Å². The maximum Gasteiger partial charge on any atom is 0.147 e. The first-order valence-corrected chi connectivity index (χ1v) is 7.92. The normalized spacial score (nSPS) is 10.8. The van der Waals surface area contributed by atoms with Crippen molar-refractivity contribution in [2.45, 2.75) is 26.9 Å². The lowest BCUT2D eigenvalue weighted by molar-refractivity contribution is 0.336. The summed E-state index contributed by atoms with van der Waals surface area (Å²) in [5.74, 6) is 1.66. The Labute approximate surface area is 135 Å². The molecule has 0 fully saturated rings. The molecule has 0 unspecified atom stereocenters. The highest BCUT2D eigenvalue weighted by molar-refractivity contribution is 9.11. The molecule has 0 aliphatic carbocycles. The van der Waals surface area contributed by atoms with Gasteiger partial charge in [0, 0.05) is 19.2 Å². The van der Waals surface area contributed by atoms with Crippen LogP contribution in [0.3, 0.4) is 0 Å². The standard InChI is InChI=1S/C14H16Br2N2O2/c1-3-19-14-12(15)5-10(6-13(14)16)7-17-8-11-4-9(2)20-18-11/h4-6,17H,3,7-8H2,1-2H3. The number of halogens is 2. The molecule has 1 aromatic heterocycles. The van der Waals surface area contributed by atoms with Crippen molar-refractivity contribution >= 4 is 31.9 Å². The summed E-state index contributed by atoms with van der Waals surface area (Å²) < 4.78 is 12.5. The summed E-state index contributed by atoms with van der Waals surface area (Å²) in [6.07, 6.45) is 0. The van der Waals surface area contributed by atoms with E-state index in [2.05, 4.69) is 54.5 Å². The molecule has 1 heterocycles. The summed E-state index contributed by atoms with van der Waals surface area (Å²) in [5.41, 5.74) is 2.07. The van der Waals surface area contributed by atoms with Gasteiger partial charge in [0.05, 0.1) is 21.2 Å². The minimum Gasteiger partial charge on any atom is -0.492 e. The first kappa shape index (κ1) is 15.5. The number of rotatable bonds is 6. The summed E-state index contributed by atoms with van der Waals surface area (Å²) in [6.45, 7) is 5.92. The van der Waals surface area contributed by atoms with E-state index in [0.717, 1.165) is 38.3 Å². The van der Waals surface area contributed by atoms with Crippen molar-refractivity contribution in [2.75, 3.05) is 6.61 Å². The van der Waals surface area contributed by atoms with E-state index in [0.29, 0.717) is 13.2 Å². The van der Waals surface area contributed by atoms with Crippen molar-refractivity contribution in [1.29, 1.82) is 0 Å². The topological polar surface area (TPSA) is 47.3 Å². The van der Waals surface area contributed by atoms with Crippen LogP contribution in [0.2, 0.25) is 0 Å². The number of benzene rings is 1. The van der Waals surface area contributed by atoms with Gasteiger partial charge in [-0.05, 0) is 63.4 Å². The van der Waals surface area contributed by atoms with Crippen LogP contribution >= 0.6 is 31.9 Å². The Bertz CT molecular complexity index is 561. The van der Waals surface area contributed by atoms with Gasteiger partial charge in [-0.1, -0.05) is 5.16 Å². The molecule has 0 saturated carbocycles. The van der Waals surface area contributed by atoms with Crippen LogP contribution in [0.4, 0.5) is 0 Å². The van der Waals surface area contributed by atoms with Crippen LogP contribution in [-0.4, -0.2) is 11.8 Å². The molecule has 1 N–H and O–H groups in total. The quantitative estimate of drug-likeness (QED) is 0.785. The van der Waals surface area contributed by atoms with Gasteiger partial charge < -0.3 is 14.6 Å². The van der Waals surface area contributed by atoms with Crippen molar-refractivity contribution in [3.63, 3.8) is 0 Å². The van der Waals surface area contributed by atoms with Gasteiger partial charge in [-0.3, -0.25) is 0 Å². The molecule has 0 bridgehead atoms. The summed E-state index contributed by atoms with van der Waals surface area (Å²) in [5, 5.41) is 7.28. The SMILES string of the molecule is CCOc1c(Br)cc(CNCc2cc(C)on2)cc1Br. The Morgan fingerprint density at radius 2 is 1.90 bits per heavy atom. The van der Waals surface area contributed by atoms with Crippen molar-refractivity contribution in [2.24, 2.45) is 0 Å². The van der Waals surface area contributed by atoms with E-state index in [1.165, 1.54) is 0 Å². The highest BCUT2D eigenvalue weighted by Gasteiger charge is 2.08. The van der Waals surface area contributed by atoms with Crippen LogP contribution in [0, 0.1) is 6.92 Å². The zero-order valence-corrected chi connectivity index (χ0v) is 14.5. The van der Waals surface area contributed by atoms with Gasteiger partial charge >= 0.3 is 0 Å². The van der Waals surface area contributed by atoms with Gasteiger partial charge in [0.2, 0.25) is 0 Å². The summed E-state index contributed by atoms with van der Waals surface area (Å²) >= 11 is 7.06. The molecule has 4 nitrogen and oxygen atoms in total. The van der Waals surface area contributed by atoms with Crippen LogP contribution < -0.4 is 10.1 Å². The molecule has 0 aliphatic rings. The van der Waals surface area contributed by atoms with Crippen LogP contribution in [0.5, 0.6) is 5.75 Å².